The quantitative estimate of drug-likeness (QED) is 0.0420. The second-order valence-electron chi connectivity index (χ2n) is 18.2. The SMILES string of the molecule is CCCCCCCCCCCCCCCCC(O)C(CO)NC(=O)CCCCCCCCCCCCCCCCCOC(=O)CCCCCCCCCCCCCC. The molecule has 0 rings (SSSR count). The van der Waals surface area contributed by atoms with Crippen LogP contribution in [0, 0.1) is 0 Å². The fourth-order valence-electron chi connectivity index (χ4n) is 8.35. The van der Waals surface area contributed by atoms with E-state index in [2.05, 4.69) is 19.2 Å². The van der Waals surface area contributed by atoms with Gasteiger partial charge in [0.1, 0.15) is 0 Å². The van der Waals surface area contributed by atoms with Crippen LogP contribution in [0.15, 0.2) is 0 Å². The Hall–Kier alpha value is -1.14. The summed E-state index contributed by atoms with van der Waals surface area (Å²) in [5, 5.41) is 23.2. The average Bonchev–Trinajstić information content (AvgIpc) is 3.22. The van der Waals surface area contributed by atoms with Gasteiger partial charge in [-0.05, 0) is 25.7 Å². The van der Waals surface area contributed by atoms with Crippen molar-refractivity contribution < 1.29 is 24.5 Å². The average molecular weight is 822 g/mol. The highest BCUT2D eigenvalue weighted by molar-refractivity contribution is 5.76. The van der Waals surface area contributed by atoms with E-state index in [9.17, 15) is 19.8 Å². The molecule has 2 atom stereocenters. The third kappa shape index (κ3) is 44.4. The van der Waals surface area contributed by atoms with Crippen LogP contribution in [-0.4, -0.2) is 47.4 Å². The zero-order chi connectivity index (χ0) is 42.3. The minimum atomic E-state index is -0.667. The topological polar surface area (TPSA) is 95.9 Å². The van der Waals surface area contributed by atoms with Gasteiger partial charge >= 0.3 is 5.97 Å². The van der Waals surface area contributed by atoms with Crippen molar-refractivity contribution in [3.8, 4) is 0 Å². The van der Waals surface area contributed by atoms with E-state index in [0.29, 0.717) is 25.9 Å². The number of unbranched alkanes of at least 4 members (excludes halogenated alkanes) is 38. The number of carbonyl (C=O) groups excluding carboxylic acids is 2. The number of aliphatic hydroxyl groups is 2. The van der Waals surface area contributed by atoms with Crippen LogP contribution in [0.4, 0.5) is 0 Å². The molecule has 0 aliphatic heterocycles. The molecule has 0 bridgehead atoms. The van der Waals surface area contributed by atoms with Gasteiger partial charge in [-0.1, -0.05) is 258 Å². The van der Waals surface area contributed by atoms with E-state index in [4.69, 9.17) is 4.74 Å². The Morgan fingerprint density at radius 3 is 1.05 bits per heavy atom. The first-order valence-corrected chi connectivity index (χ1v) is 26.3. The summed E-state index contributed by atoms with van der Waals surface area (Å²) in [7, 11) is 0. The fourth-order valence-corrected chi connectivity index (χ4v) is 8.35. The van der Waals surface area contributed by atoms with Gasteiger partial charge in [0.15, 0.2) is 0 Å². The molecular weight excluding hydrogens is 719 g/mol. The third-order valence-electron chi connectivity index (χ3n) is 12.4. The molecule has 0 heterocycles. The van der Waals surface area contributed by atoms with Gasteiger partial charge in [0.25, 0.3) is 0 Å². The number of hydrogen-bond donors (Lipinski definition) is 3. The maximum Gasteiger partial charge on any atom is 0.305 e. The van der Waals surface area contributed by atoms with Gasteiger partial charge in [-0.15, -0.1) is 0 Å². The molecule has 6 nitrogen and oxygen atoms in total. The highest BCUT2D eigenvalue weighted by Crippen LogP contribution is 2.17. The number of hydrogen-bond acceptors (Lipinski definition) is 5. The van der Waals surface area contributed by atoms with E-state index in [1.165, 1.54) is 218 Å². The van der Waals surface area contributed by atoms with E-state index in [0.717, 1.165) is 44.9 Å². The molecule has 0 fully saturated rings. The number of rotatable bonds is 49. The maximum absolute atomic E-state index is 12.4. The molecule has 0 aromatic heterocycles. The molecular formula is C52H103NO5. The smallest absolute Gasteiger partial charge is 0.305 e. The largest absolute Gasteiger partial charge is 0.466 e. The van der Waals surface area contributed by atoms with Crippen molar-refractivity contribution in [2.75, 3.05) is 13.2 Å². The molecule has 6 heteroatoms. The van der Waals surface area contributed by atoms with Crippen LogP contribution in [0.5, 0.6) is 0 Å². The molecule has 3 N–H and O–H groups in total. The van der Waals surface area contributed by atoms with Crippen LogP contribution >= 0.6 is 0 Å². The molecule has 2 unspecified atom stereocenters. The number of aliphatic hydroxyl groups excluding tert-OH is 2. The Morgan fingerprint density at radius 2 is 0.707 bits per heavy atom. The van der Waals surface area contributed by atoms with Gasteiger partial charge < -0.3 is 20.3 Å². The first-order chi connectivity index (χ1) is 28.5. The predicted octanol–water partition coefficient (Wildman–Crippen LogP) is 15.6. The summed E-state index contributed by atoms with van der Waals surface area (Å²) in [5.41, 5.74) is 0. The second kappa shape index (κ2) is 48.5. The molecule has 0 spiro atoms. The van der Waals surface area contributed by atoms with Gasteiger partial charge in [0.2, 0.25) is 5.91 Å². The maximum atomic E-state index is 12.4. The highest BCUT2D eigenvalue weighted by Gasteiger charge is 2.20. The summed E-state index contributed by atoms with van der Waals surface area (Å²) >= 11 is 0. The molecule has 0 aromatic rings. The van der Waals surface area contributed by atoms with Crippen LogP contribution in [0.1, 0.15) is 296 Å². The number of amides is 1. The molecule has 58 heavy (non-hydrogen) atoms. The number of esters is 1. The van der Waals surface area contributed by atoms with Crippen molar-refractivity contribution in [1.82, 2.24) is 5.32 Å². The highest BCUT2D eigenvalue weighted by atomic mass is 16.5. The monoisotopic (exact) mass is 822 g/mol. The first-order valence-electron chi connectivity index (χ1n) is 26.3. The number of carbonyl (C=O) groups is 2. The molecule has 0 aromatic carbocycles. The minimum absolute atomic E-state index is 0.00194. The van der Waals surface area contributed by atoms with E-state index in [-0.39, 0.29) is 18.5 Å². The minimum Gasteiger partial charge on any atom is -0.466 e. The van der Waals surface area contributed by atoms with Crippen molar-refractivity contribution in [1.29, 1.82) is 0 Å². The first kappa shape index (κ1) is 56.9. The van der Waals surface area contributed by atoms with Gasteiger partial charge in [0.05, 0.1) is 25.4 Å². The lowest BCUT2D eigenvalue weighted by Crippen LogP contribution is -2.45. The van der Waals surface area contributed by atoms with Crippen molar-refractivity contribution >= 4 is 11.9 Å². The Kier molecular flexibility index (Phi) is 47.6. The summed E-state index contributed by atoms with van der Waals surface area (Å²) in [4.78, 5) is 24.4. The molecule has 0 aliphatic rings. The molecule has 1 amide bonds. The number of ether oxygens (including phenoxy) is 1. The normalized spacial score (nSPS) is 12.6. The summed E-state index contributed by atoms with van der Waals surface area (Å²) in [5.74, 6) is -0.0398. The predicted molar refractivity (Wildman–Crippen MR) is 250 cm³/mol. The Bertz CT molecular complexity index is 822. The van der Waals surface area contributed by atoms with Crippen LogP contribution in [-0.2, 0) is 14.3 Å². The summed E-state index contributed by atoms with van der Waals surface area (Å²) < 4.78 is 5.46. The van der Waals surface area contributed by atoms with Crippen molar-refractivity contribution in [2.24, 2.45) is 0 Å². The molecule has 0 saturated carbocycles. The lowest BCUT2D eigenvalue weighted by atomic mass is 10.0. The van der Waals surface area contributed by atoms with Crippen LogP contribution < -0.4 is 5.32 Å². The van der Waals surface area contributed by atoms with E-state index in [1.54, 1.807) is 0 Å². The lowest BCUT2D eigenvalue weighted by molar-refractivity contribution is -0.143. The third-order valence-corrected chi connectivity index (χ3v) is 12.4. The summed E-state index contributed by atoms with van der Waals surface area (Å²) in [6.45, 7) is 4.94. The Labute approximate surface area is 362 Å². The molecule has 0 saturated heterocycles. The van der Waals surface area contributed by atoms with Crippen LogP contribution in [0.3, 0.4) is 0 Å². The second-order valence-corrected chi connectivity index (χ2v) is 18.2. The van der Waals surface area contributed by atoms with Crippen molar-refractivity contribution in [3.05, 3.63) is 0 Å². The summed E-state index contributed by atoms with van der Waals surface area (Å²) in [6.07, 6.45) is 53.5. The van der Waals surface area contributed by atoms with Gasteiger partial charge in [-0.3, -0.25) is 9.59 Å². The molecule has 346 valence electrons. The van der Waals surface area contributed by atoms with Crippen molar-refractivity contribution in [2.45, 2.75) is 309 Å². The van der Waals surface area contributed by atoms with Gasteiger partial charge in [-0.2, -0.15) is 0 Å². The van der Waals surface area contributed by atoms with Gasteiger partial charge in [-0.25, -0.2) is 0 Å². The van der Waals surface area contributed by atoms with E-state index < -0.39 is 12.1 Å². The molecule has 0 radical (unpaired) electrons. The zero-order valence-corrected chi connectivity index (χ0v) is 39.3. The lowest BCUT2D eigenvalue weighted by Gasteiger charge is -2.22. The number of nitrogens with one attached hydrogen (secondary N) is 1. The Morgan fingerprint density at radius 1 is 0.414 bits per heavy atom. The fraction of sp³-hybridized carbons (Fsp3) is 0.962. The summed E-state index contributed by atoms with van der Waals surface area (Å²) in [6, 6.07) is -0.545. The zero-order valence-electron chi connectivity index (χ0n) is 39.3. The molecule has 0 aliphatic carbocycles. The van der Waals surface area contributed by atoms with E-state index >= 15 is 0 Å². The van der Waals surface area contributed by atoms with Crippen LogP contribution in [0.25, 0.3) is 0 Å². The van der Waals surface area contributed by atoms with Crippen LogP contribution in [0.2, 0.25) is 0 Å². The standard InChI is InChI=1S/C52H103NO5/c1-3-5-7-9-11-13-15-17-21-24-28-32-36-40-44-50(55)49(48-54)53-51(56)45-41-37-33-29-25-22-19-18-20-23-27-31-35-39-43-47-58-52(57)46-42-38-34-30-26-16-14-12-10-8-6-4-2/h49-50,54-55H,3-48H2,1-2H3,(H,53,56). The van der Waals surface area contributed by atoms with E-state index in [1.807, 2.05) is 0 Å². The van der Waals surface area contributed by atoms with Crippen molar-refractivity contribution in [3.63, 3.8) is 0 Å². The Balaban J connectivity index is 3.42. The van der Waals surface area contributed by atoms with Gasteiger partial charge in [0, 0.05) is 12.8 Å².